The van der Waals surface area contributed by atoms with Crippen LogP contribution in [0.25, 0.3) is 0 Å². The predicted molar refractivity (Wildman–Crippen MR) is 70.2 cm³/mol. The molecule has 0 fully saturated rings. The molecule has 2 N–H and O–H groups in total. The van der Waals surface area contributed by atoms with Crippen molar-refractivity contribution < 1.29 is 4.79 Å². The Balaban J connectivity index is 2.35. The molecule has 2 amide bonds. The maximum Gasteiger partial charge on any atom is 0.324 e. The molecule has 0 radical (unpaired) electrons. The van der Waals surface area contributed by atoms with Crippen LogP contribution in [0.4, 0.5) is 16.2 Å². The highest BCUT2D eigenvalue weighted by molar-refractivity contribution is 5.94. The molecule has 0 aromatic heterocycles. The Bertz CT molecular complexity index is 431. The normalized spacial score (nSPS) is 14.4. The SMILES string of the molecule is CCN(C)C(=O)N1CCCc2c(N)cccc21. The Kier molecular flexibility index (Phi) is 3.22. The molecule has 0 aliphatic carbocycles. The summed E-state index contributed by atoms with van der Waals surface area (Å²) in [5.41, 5.74) is 8.83. The van der Waals surface area contributed by atoms with Crippen LogP contribution in [0.2, 0.25) is 0 Å². The third kappa shape index (κ3) is 2.07. The molecular weight excluding hydrogens is 214 g/mol. The van der Waals surface area contributed by atoms with Gasteiger partial charge in [-0.3, -0.25) is 4.90 Å². The summed E-state index contributed by atoms with van der Waals surface area (Å²) in [7, 11) is 1.82. The van der Waals surface area contributed by atoms with Crippen molar-refractivity contribution in [3.8, 4) is 0 Å². The number of carbonyl (C=O) groups excluding carboxylic acids is 1. The molecule has 4 nitrogen and oxygen atoms in total. The summed E-state index contributed by atoms with van der Waals surface area (Å²) in [6.45, 7) is 3.47. The first kappa shape index (κ1) is 11.8. The molecule has 17 heavy (non-hydrogen) atoms. The second-order valence-corrected chi connectivity index (χ2v) is 4.40. The van der Waals surface area contributed by atoms with Gasteiger partial charge in [0.2, 0.25) is 0 Å². The molecule has 1 heterocycles. The molecule has 4 heteroatoms. The third-order valence-electron chi connectivity index (χ3n) is 3.32. The van der Waals surface area contributed by atoms with Crippen molar-refractivity contribution in [1.82, 2.24) is 4.90 Å². The number of carbonyl (C=O) groups is 1. The van der Waals surface area contributed by atoms with E-state index >= 15 is 0 Å². The van der Waals surface area contributed by atoms with Crippen LogP contribution in [0, 0.1) is 0 Å². The lowest BCUT2D eigenvalue weighted by molar-refractivity contribution is 0.217. The second-order valence-electron chi connectivity index (χ2n) is 4.40. The van der Waals surface area contributed by atoms with Crippen LogP contribution in [0.5, 0.6) is 0 Å². The molecule has 0 saturated carbocycles. The van der Waals surface area contributed by atoms with Crippen molar-refractivity contribution in [1.29, 1.82) is 0 Å². The van der Waals surface area contributed by atoms with Crippen molar-refractivity contribution in [2.75, 3.05) is 30.8 Å². The molecule has 92 valence electrons. The van der Waals surface area contributed by atoms with Gasteiger partial charge < -0.3 is 10.6 Å². The second kappa shape index (κ2) is 4.65. The van der Waals surface area contributed by atoms with E-state index in [1.54, 1.807) is 4.90 Å². The Hall–Kier alpha value is -1.71. The van der Waals surface area contributed by atoms with E-state index in [1.807, 2.05) is 37.1 Å². The Morgan fingerprint density at radius 1 is 1.53 bits per heavy atom. The largest absolute Gasteiger partial charge is 0.398 e. The topological polar surface area (TPSA) is 49.6 Å². The van der Waals surface area contributed by atoms with Crippen LogP contribution in [-0.4, -0.2) is 31.1 Å². The summed E-state index contributed by atoms with van der Waals surface area (Å²) in [6.07, 6.45) is 1.94. The summed E-state index contributed by atoms with van der Waals surface area (Å²) in [5, 5.41) is 0. The maximum absolute atomic E-state index is 12.2. The summed E-state index contributed by atoms with van der Waals surface area (Å²) in [6, 6.07) is 5.84. The first-order chi connectivity index (χ1) is 8.15. The Morgan fingerprint density at radius 3 is 3.00 bits per heavy atom. The summed E-state index contributed by atoms with van der Waals surface area (Å²) < 4.78 is 0. The fraction of sp³-hybridized carbons (Fsp3) is 0.462. The van der Waals surface area contributed by atoms with Crippen LogP contribution >= 0.6 is 0 Å². The number of rotatable bonds is 1. The zero-order valence-corrected chi connectivity index (χ0v) is 10.4. The number of urea groups is 1. The molecule has 0 bridgehead atoms. The lowest BCUT2D eigenvalue weighted by Gasteiger charge is -2.33. The van der Waals surface area contributed by atoms with Gasteiger partial charge in [-0.25, -0.2) is 4.79 Å². The monoisotopic (exact) mass is 233 g/mol. The number of anilines is 2. The van der Waals surface area contributed by atoms with Crippen LogP contribution in [0.1, 0.15) is 18.9 Å². The average molecular weight is 233 g/mol. The minimum absolute atomic E-state index is 0.0547. The van der Waals surface area contributed by atoms with E-state index in [0.29, 0.717) is 6.54 Å². The van der Waals surface area contributed by atoms with Crippen LogP contribution < -0.4 is 10.6 Å². The molecule has 2 rings (SSSR count). The van der Waals surface area contributed by atoms with E-state index in [2.05, 4.69) is 0 Å². The smallest absolute Gasteiger partial charge is 0.324 e. The van der Waals surface area contributed by atoms with E-state index in [4.69, 9.17) is 5.73 Å². The fourth-order valence-corrected chi connectivity index (χ4v) is 2.19. The lowest BCUT2D eigenvalue weighted by Crippen LogP contribution is -2.43. The minimum atomic E-state index is 0.0547. The van der Waals surface area contributed by atoms with Crippen molar-refractivity contribution in [3.63, 3.8) is 0 Å². The van der Waals surface area contributed by atoms with Crippen LogP contribution in [0.3, 0.4) is 0 Å². The van der Waals surface area contributed by atoms with E-state index in [9.17, 15) is 4.79 Å². The van der Waals surface area contributed by atoms with Gasteiger partial charge in [0.1, 0.15) is 0 Å². The quantitative estimate of drug-likeness (QED) is 0.755. The van der Waals surface area contributed by atoms with E-state index in [-0.39, 0.29) is 6.03 Å². The van der Waals surface area contributed by atoms with E-state index in [0.717, 1.165) is 36.3 Å². The highest BCUT2D eigenvalue weighted by atomic mass is 16.2. The molecule has 0 atom stereocenters. The van der Waals surface area contributed by atoms with Crippen LogP contribution in [0.15, 0.2) is 18.2 Å². The summed E-state index contributed by atoms with van der Waals surface area (Å²) in [5.74, 6) is 0. The first-order valence-electron chi connectivity index (χ1n) is 6.05. The number of benzene rings is 1. The van der Waals surface area contributed by atoms with E-state index in [1.165, 1.54) is 0 Å². The number of nitrogens with two attached hydrogens (primary N) is 1. The molecule has 0 unspecified atom stereocenters. The molecule has 0 saturated heterocycles. The van der Waals surface area contributed by atoms with Gasteiger partial charge in [0.05, 0.1) is 5.69 Å². The predicted octanol–water partition coefficient (Wildman–Crippen LogP) is 2.09. The molecule has 1 aliphatic rings. The third-order valence-corrected chi connectivity index (χ3v) is 3.32. The number of fused-ring (bicyclic) bond motifs is 1. The molecule has 0 spiro atoms. The van der Waals surface area contributed by atoms with Gasteiger partial charge in [0.25, 0.3) is 0 Å². The van der Waals surface area contributed by atoms with Gasteiger partial charge in [-0.15, -0.1) is 0 Å². The summed E-state index contributed by atoms with van der Waals surface area (Å²) >= 11 is 0. The van der Waals surface area contributed by atoms with E-state index < -0.39 is 0 Å². The molecule has 1 aromatic carbocycles. The van der Waals surface area contributed by atoms with Crippen molar-refractivity contribution in [3.05, 3.63) is 23.8 Å². The van der Waals surface area contributed by atoms with Gasteiger partial charge in [0.15, 0.2) is 0 Å². The number of amides is 2. The lowest BCUT2D eigenvalue weighted by atomic mass is 10.0. The summed E-state index contributed by atoms with van der Waals surface area (Å²) in [4.78, 5) is 15.8. The van der Waals surface area contributed by atoms with Gasteiger partial charge in [0, 0.05) is 25.8 Å². The number of nitrogen functional groups attached to an aromatic ring is 1. The van der Waals surface area contributed by atoms with Gasteiger partial charge >= 0.3 is 6.03 Å². The van der Waals surface area contributed by atoms with Crippen LogP contribution in [-0.2, 0) is 6.42 Å². The standard InChI is InChI=1S/C13H19N3O/c1-3-15(2)13(17)16-9-5-6-10-11(14)7-4-8-12(10)16/h4,7-8H,3,5-6,9,14H2,1-2H3. The molecule has 1 aliphatic heterocycles. The highest BCUT2D eigenvalue weighted by Gasteiger charge is 2.25. The number of hydrogen-bond acceptors (Lipinski definition) is 2. The zero-order valence-electron chi connectivity index (χ0n) is 10.4. The number of hydrogen-bond donors (Lipinski definition) is 1. The van der Waals surface area contributed by atoms with Gasteiger partial charge in [-0.2, -0.15) is 0 Å². The highest BCUT2D eigenvalue weighted by Crippen LogP contribution is 2.31. The van der Waals surface area contributed by atoms with Crippen molar-refractivity contribution >= 4 is 17.4 Å². The van der Waals surface area contributed by atoms with Crippen molar-refractivity contribution in [2.45, 2.75) is 19.8 Å². The van der Waals surface area contributed by atoms with Crippen molar-refractivity contribution in [2.24, 2.45) is 0 Å². The average Bonchev–Trinajstić information content (AvgIpc) is 2.37. The molecule has 1 aromatic rings. The Morgan fingerprint density at radius 2 is 2.29 bits per heavy atom. The first-order valence-corrected chi connectivity index (χ1v) is 6.05. The zero-order chi connectivity index (χ0) is 12.4. The van der Waals surface area contributed by atoms with Gasteiger partial charge in [-0.1, -0.05) is 6.07 Å². The Labute approximate surface area is 102 Å². The minimum Gasteiger partial charge on any atom is -0.398 e. The molecular formula is C13H19N3O. The van der Waals surface area contributed by atoms with Gasteiger partial charge in [-0.05, 0) is 37.5 Å². The fourth-order valence-electron chi connectivity index (χ4n) is 2.19. The maximum atomic E-state index is 12.2. The number of nitrogens with zero attached hydrogens (tertiary/aromatic N) is 2.